The predicted octanol–water partition coefficient (Wildman–Crippen LogP) is 5.34. The summed E-state index contributed by atoms with van der Waals surface area (Å²) in [4.78, 5) is 34.4. The summed E-state index contributed by atoms with van der Waals surface area (Å²) in [6, 6.07) is 16.3. The molecule has 5 rings (SSSR count). The second-order valence-electron chi connectivity index (χ2n) is 10.8. The third-order valence-corrected chi connectivity index (χ3v) is 8.08. The summed E-state index contributed by atoms with van der Waals surface area (Å²) >= 11 is 6.67. The average molecular weight is 680 g/mol. The number of phenolic OH excluding ortho intramolecular Hbond substituents is 1. The topological polar surface area (TPSA) is 180 Å². The molecule has 0 unspecified atom stereocenters. The molecule has 1 aliphatic carbocycles. The number of rotatable bonds is 14. The van der Waals surface area contributed by atoms with Crippen molar-refractivity contribution in [2.75, 3.05) is 11.9 Å². The minimum absolute atomic E-state index is 0. The van der Waals surface area contributed by atoms with Crippen LogP contribution in [0.15, 0.2) is 66.7 Å². The van der Waals surface area contributed by atoms with Crippen LogP contribution in [-0.2, 0) is 29.2 Å². The van der Waals surface area contributed by atoms with Gasteiger partial charge in [-0.05, 0) is 65.4 Å². The largest absolute Gasteiger partial charge is 0.505 e. The first-order valence-electron chi connectivity index (χ1n) is 14.5. The van der Waals surface area contributed by atoms with Crippen molar-refractivity contribution in [1.29, 1.82) is 0 Å². The standard InChI is InChI=1S/C34H31ClFN3O8.CH4/c35-26-12-20(14-38-27(15-40)34(44)45)30(46-16-18-9-19(33(37)43)11-21(10-18)39-17-41)13-31(26)47-29-8-7-23-22(3-1-4-24(23)29)25-5-2-6-28(42)32(25)36;/h1-6,9-13,17,27,29,38,40,42H,7-8,14-16H2,(H2,37,43)(H,39,41)(H,44,45);1H4/t27-,29-;/m0./s1. The number of carboxylic acid groups (broad SMARTS) is 1. The highest BCUT2D eigenvalue weighted by atomic mass is 35.5. The molecule has 1 aliphatic rings. The number of fused-ring (bicyclic) bond motifs is 1. The Kier molecular flexibility index (Phi) is 11.6. The second-order valence-corrected chi connectivity index (χ2v) is 11.2. The lowest BCUT2D eigenvalue weighted by molar-refractivity contribution is -0.140. The van der Waals surface area contributed by atoms with Gasteiger partial charge in [-0.2, -0.15) is 0 Å². The Morgan fingerprint density at radius 1 is 1.08 bits per heavy atom. The molecule has 0 saturated carbocycles. The molecular formula is C35H35ClFN3O8. The molecule has 0 saturated heterocycles. The van der Waals surface area contributed by atoms with Crippen LogP contribution in [0.4, 0.5) is 10.1 Å². The number of carbonyl (C=O) groups excluding carboxylic acids is 2. The predicted molar refractivity (Wildman–Crippen MR) is 178 cm³/mol. The molecule has 0 aliphatic heterocycles. The van der Waals surface area contributed by atoms with Crippen LogP contribution in [-0.4, -0.2) is 46.3 Å². The number of hydrogen-bond acceptors (Lipinski definition) is 8. The first-order chi connectivity index (χ1) is 22.6. The Morgan fingerprint density at radius 2 is 1.83 bits per heavy atom. The smallest absolute Gasteiger partial charge is 0.323 e. The number of aliphatic hydroxyl groups excluding tert-OH is 1. The third-order valence-electron chi connectivity index (χ3n) is 7.79. The molecule has 0 fully saturated rings. The third kappa shape index (κ3) is 7.85. The van der Waals surface area contributed by atoms with Gasteiger partial charge in [-0.1, -0.05) is 49.4 Å². The fourth-order valence-electron chi connectivity index (χ4n) is 5.50. The van der Waals surface area contributed by atoms with E-state index in [2.05, 4.69) is 10.6 Å². The van der Waals surface area contributed by atoms with Gasteiger partial charge < -0.3 is 35.8 Å². The molecule has 0 radical (unpaired) electrons. The summed E-state index contributed by atoms with van der Waals surface area (Å²) in [7, 11) is 0. The van der Waals surface area contributed by atoms with Crippen LogP contribution in [0.2, 0.25) is 5.02 Å². The van der Waals surface area contributed by atoms with Crippen molar-refractivity contribution in [1.82, 2.24) is 5.32 Å². The Balaban J connectivity index is 0.00000520. The normalized spacial score (nSPS) is 13.9. The SMILES string of the molecule is C.NC(=O)c1cc(COc2cc(O[C@H]3CCc4c(-c5cccc(O)c5F)cccc43)c(Cl)cc2CN[C@@H](CO)C(=O)O)cc(NC=O)c1. The lowest BCUT2D eigenvalue weighted by Crippen LogP contribution is -2.39. The van der Waals surface area contributed by atoms with Crippen molar-refractivity contribution in [3.8, 4) is 28.4 Å². The zero-order valence-electron chi connectivity index (χ0n) is 24.8. The van der Waals surface area contributed by atoms with Crippen LogP contribution in [0.1, 0.15) is 52.6 Å². The van der Waals surface area contributed by atoms with E-state index >= 15 is 0 Å². The minimum atomic E-state index is -1.25. The molecule has 2 atom stereocenters. The van der Waals surface area contributed by atoms with Gasteiger partial charge in [0.25, 0.3) is 0 Å². The van der Waals surface area contributed by atoms with E-state index in [1.165, 1.54) is 18.2 Å². The van der Waals surface area contributed by atoms with Crippen molar-refractivity contribution in [3.05, 3.63) is 105 Å². The maximum atomic E-state index is 14.8. The van der Waals surface area contributed by atoms with E-state index < -0.39 is 42.2 Å². The van der Waals surface area contributed by atoms with Gasteiger partial charge in [0.2, 0.25) is 12.3 Å². The number of halogens is 2. The number of hydrogen-bond donors (Lipinski definition) is 6. The van der Waals surface area contributed by atoms with E-state index in [-0.39, 0.29) is 48.2 Å². The summed E-state index contributed by atoms with van der Waals surface area (Å²) in [5, 5.41) is 34.2. The fourth-order valence-corrected chi connectivity index (χ4v) is 5.73. The summed E-state index contributed by atoms with van der Waals surface area (Å²) in [5.41, 5.74) is 9.53. The number of nitrogens with one attached hydrogen (secondary N) is 2. The van der Waals surface area contributed by atoms with Gasteiger partial charge in [0.1, 0.15) is 30.3 Å². The Labute approximate surface area is 281 Å². The Hall–Kier alpha value is -5.17. The van der Waals surface area contributed by atoms with Gasteiger partial charge >= 0.3 is 5.97 Å². The van der Waals surface area contributed by atoms with E-state index in [0.29, 0.717) is 41.6 Å². The van der Waals surface area contributed by atoms with Crippen molar-refractivity contribution in [2.45, 2.75) is 45.6 Å². The number of aliphatic carboxylic acids is 1. The van der Waals surface area contributed by atoms with Gasteiger partial charge in [-0.25, -0.2) is 4.39 Å². The fraction of sp³-hybridized carbons (Fsp3) is 0.229. The van der Waals surface area contributed by atoms with Crippen molar-refractivity contribution < 1.29 is 43.6 Å². The van der Waals surface area contributed by atoms with Crippen molar-refractivity contribution >= 4 is 35.6 Å². The lowest BCUT2D eigenvalue weighted by Gasteiger charge is -2.20. The van der Waals surface area contributed by atoms with Gasteiger partial charge in [0, 0.05) is 35.0 Å². The van der Waals surface area contributed by atoms with Gasteiger partial charge in [0.15, 0.2) is 11.6 Å². The number of phenols is 1. The van der Waals surface area contributed by atoms with Crippen LogP contribution in [0.3, 0.4) is 0 Å². The van der Waals surface area contributed by atoms with E-state index in [9.17, 15) is 34.1 Å². The summed E-state index contributed by atoms with van der Waals surface area (Å²) in [6.45, 7) is -0.782. The van der Waals surface area contributed by atoms with Gasteiger partial charge in [0.05, 0.1) is 11.6 Å². The van der Waals surface area contributed by atoms with Crippen molar-refractivity contribution in [2.24, 2.45) is 5.73 Å². The highest BCUT2D eigenvalue weighted by Gasteiger charge is 2.29. The first kappa shape index (κ1) is 35.7. The molecule has 7 N–H and O–H groups in total. The van der Waals surface area contributed by atoms with Crippen molar-refractivity contribution in [3.63, 3.8) is 0 Å². The molecule has 0 bridgehead atoms. The molecule has 2 amide bonds. The number of primary amides is 1. The van der Waals surface area contributed by atoms with Crippen LogP contribution < -0.4 is 25.8 Å². The van der Waals surface area contributed by atoms with Crippen LogP contribution in [0.5, 0.6) is 17.2 Å². The zero-order chi connectivity index (χ0) is 33.7. The molecule has 4 aromatic rings. The van der Waals surface area contributed by atoms with E-state index in [0.717, 1.165) is 11.1 Å². The zero-order valence-corrected chi connectivity index (χ0v) is 25.6. The molecule has 13 heteroatoms. The lowest BCUT2D eigenvalue weighted by atomic mass is 9.96. The molecule has 11 nitrogen and oxygen atoms in total. The maximum absolute atomic E-state index is 14.8. The number of anilines is 1. The number of aromatic hydroxyl groups is 1. The molecule has 252 valence electrons. The quantitative estimate of drug-likeness (QED) is 0.0960. The highest BCUT2D eigenvalue weighted by molar-refractivity contribution is 6.32. The molecule has 0 spiro atoms. The molecular weight excluding hydrogens is 645 g/mol. The number of amides is 2. The summed E-state index contributed by atoms with van der Waals surface area (Å²) in [5.74, 6) is -2.56. The molecule has 4 aromatic carbocycles. The number of aliphatic hydroxyl groups is 1. The van der Waals surface area contributed by atoms with E-state index in [4.69, 9.17) is 26.8 Å². The Bertz CT molecular complexity index is 1840. The van der Waals surface area contributed by atoms with Gasteiger partial charge in [-0.15, -0.1) is 0 Å². The molecule has 48 heavy (non-hydrogen) atoms. The second kappa shape index (κ2) is 15.6. The van der Waals surface area contributed by atoms with E-state index in [1.807, 2.05) is 6.07 Å². The number of carbonyl (C=O) groups is 3. The number of benzene rings is 4. The first-order valence-corrected chi connectivity index (χ1v) is 14.9. The van der Waals surface area contributed by atoms with Crippen LogP contribution >= 0.6 is 11.6 Å². The summed E-state index contributed by atoms with van der Waals surface area (Å²) in [6.07, 6.45) is 1.15. The molecule has 0 aromatic heterocycles. The number of carboxylic acids is 1. The summed E-state index contributed by atoms with van der Waals surface area (Å²) < 4.78 is 27.3. The van der Waals surface area contributed by atoms with Gasteiger partial charge in [-0.3, -0.25) is 19.7 Å². The van der Waals surface area contributed by atoms with Crippen LogP contribution in [0.25, 0.3) is 11.1 Å². The van der Waals surface area contributed by atoms with Crippen LogP contribution in [0, 0.1) is 5.82 Å². The minimum Gasteiger partial charge on any atom is -0.505 e. The maximum Gasteiger partial charge on any atom is 0.323 e. The Morgan fingerprint density at radius 3 is 2.54 bits per heavy atom. The highest BCUT2D eigenvalue weighted by Crippen LogP contribution is 2.43. The average Bonchev–Trinajstić information content (AvgIpc) is 3.46. The number of ether oxygens (including phenoxy) is 2. The van der Waals surface area contributed by atoms with E-state index in [1.54, 1.807) is 42.5 Å². The number of nitrogens with two attached hydrogens (primary N) is 1. The monoisotopic (exact) mass is 679 g/mol. The molecule has 0 heterocycles.